The second-order valence-corrected chi connectivity index (χ2v) is 4.75. The molecule has 20 heavy (non-hydrogen) atoms. The van der Waals surface area contributed by atoms with Gasteiger partial charge in [0.2, 0.25) is 0 Å². The molecule has 0 amide bonds. The molecule has 110 valence electrons. The van der Waals surface area contributed by atoms with E-state index in [1.54, 1.807) is 6.92 Å². The molecule has 0 spiro atoms. The number of anilines is 1. The van der Waals surface area contributed by atoms with E-state index in [4.69, 9.17) is 5.11 Å². The molecule has 1 rings (SSSR count). The minimum absolute atomic E-state index is 0.0564. The van der Waals surface area contributed by atoms with Crippen molar-refractivity contribution in [3.05, 3.63) is 33.4 Å². The number of carboxylic acid groups (broad SMARTS) is 1. The predicted molar refractivity (Wildman–Crippen MR) is 77.6 cm³/mol. The highest BCUT2D eigenvalue weighted by Gasteiger charge is 2.23. The molecule has 1 atom stereocenters. The number of nitro benzene ring substituents is 1. The number of nitro groups is 1. The lowest BCUT2D eigenvalue weighted by Crippen LogP contribution is -2.33. The number of carbonyl (C=O) groups is 1. The molecule has 6 nitrogen and oxygen atoms in total. The average Bonchev–Trinajstić information content (AvgIpc) is 2.40. The molecule has 0 radical (unpaired) electrons. The van der Waals surface area contributed by atoms with Gasteiger partial charge in [0.15, 0.2) is 0 Å². The lowest BCUT2D eigenvalue weighted by molar-refractivity contribution is -0.385. The monoisotopic (exact) mass is 280 g/mol. The molecule has 0 heterocycles. The SMILES string of the molecule is CCC(C)N(CC)c1cc(C(=O)O)cc([N+](=O)[O-])c1C. The second-order valence-electron chi connectivity index (χ2n) is 4.75. The highest BCUT2D eigenvalue weighted by molar-refractivity contribution is 5.90. The van der Waals surface area contributed by atoms with E-state index in [2.05, 4.69) is 0 Å². The molecular formula is C14H20N2O4. The summed E-state index contributed by atoms with van der Waals surface area (Å²) >= 11 is 0. The Labute approximate surface area is 118 Å². The van der Waals surface area contributed by atoms with E-state index in [1.807, 2.05) is 25.7 Å². The van der Waals surface area contributed by atoms with Crippen molar-refractivity contribution in [2.45, 2.75) is 40.2 Å². The number of hydrogen-bond acceptors (Lipinski definition) is 4. The van der Waals surface area contributed by atoms with Crippen LogP contribution in [0.15, 0.2) is 12.1 Å². The first kappa shape index (κ1) is 15.9. The van der Waals surface area contributed by atoms with Crippen LogP contribution >= 0.6 is 0 Å². The van der Waals surface area contributed by atoms with Crippen molar-refractivity contribution in [1.82, 2.24) is 0 Å². The Balaban J connectivity index is 3.51. The van der Waals surface area contributed by atoms with Crippen molar-refractivity contribution in [3.63, 3.8) is 0 Å². The van der Waals surface area contributed by atoms with Crippen LogP contribution in [0.4, 0.5) is 11.4 Å². The normalized spacial score (nSPS) is 12.0. The Morgan fingerprint density at radius 1 is 1.45 bits per heavy atom. The molecule has 0 fully saturated rings. The third-order valence-electron chi connectivity index (χ3n) is 3.57. The van der Waals surface area contributed by atoms with E-state index in [-0.39, 0.29) is 17.3 Å². The van der Waals surface area contributed by atoms with Gasteiger partial charge in [0, 0.05) is 24.3 Å². The number of nitrogens with zero attached hydrogens (tertiary/aromatic N) is 2. The van der Waals surface area contributed by atoms with Crippen molar-refractivity contribution >= 4 is 17.3 Å². The van der Waals surface area contributed by atoms with E-state index < -0.39 is 10.9 Å². The van der Waals surface area contributed by atoms with Gasteiger partial charge in [-0.2, -0.15) is 0 Å². The standard InChI is InChI=1S/C14H20N2O4/c1-5-9(3)15(6-2)12-7-11(14(17)18)8-13(10(12)4)16(19)20/h7-9H,5-6H2,1-4H3,(H,17,18). The lowest BCUT2D eigenvalue weighted by atomic mass is 10.0. The molecule has 0 aliphatic carbocycles. The van der Waals surface area contributed by atoms with Gasteiger partial charge in [-0.1, -0.05) is 6.92 Å². The first-order chi connectivity index (χ1) is 9.33. The summed E-state index contributed by atoms with van der Waals surface area (Å²) < 4.78 is 0. The fourth-order valence-electron chi connectivity index (χ4n) is 2.24. The third kappa shape index (κ3) is 3.07. The predicted octanol–water partition coefficient (Wildman–Crippen LogP) is 3.23. The molecule has 0 aliphatic rings. The van der Waals surface area contributed by atoms with E-state index in [0.717, 1.165) is 12.5 Å². The fourth-order valence-corrected chi connectivity index (χ4v) is 2.24. The first-order valence-electron chi connectivity index (χ1n) is 6.62. The second kappa shape index (κ2) is 6.36. The Bertz CT molecular complexity index is 528. The molecule has 1 aromatic rings. The molecule has 1 N–H and O–H groups in total. The summed E-state index contributed by atoms with van der Waals surface area (Å²) in [4.78, 5) is 23.7. The zero-order valence-corrected chi connectivity index (χ0v) is 12.2. The molecule has 1 unspecified atom stereocenters. The number of aromatic carboxylic acids is 1. The van der Waals surface area contributed by atoms with Gasteiger partial charge in [-0.05, 0) is 33.3 Å². The van der Waals surface area contributed by atoms with Gasteiger partial charge in [0.1, 0.15) is 0 Å². The Hall–Kier alpha value is -2.11. The molecule has 0 bridgehead atoms. The van der Waals surface area contributed by atoms with Gasteiger partial charge in [-0.3, -0.25) is 10.1 Å². The molecular weight excluding hydrogens is 260 g/mol. The van der Waals surface area contributed by atoms with Crippen LogP contribution in [0.25, 0.3) is 0 Å². The maximum Gasteiger partial charge on any atom is 0.336 e. The molecule has 0 aliphatic heterocycles. The van der Waals surface area contributed by atoms with Crippen molar-refractivity contribution in [2.75, 3.05) is 11.4 Å². The maximum absolute atomic E-state index is 11.1. The van der Waals surface area contributed by atoms with Gasteiger partial charge in [-0.25, -0.2) is 4.79 Å². The van der Waals surface area contributed by atoms with E-state index in [0.29, 0.717) is 17.8 Å². The Morgan fingerprint density at radius 2 is 2.05 bits per heavy atom. The highest BCUT2D eigenvalue weighted by Crippen LogP contribution is 2.32. The highest BCUT2D eigenvalue weighted by atomic mass is 16.6. The fraction of sp³-hybridized carbons (Fsp3) is 0.500. The quantitative estimate of drug-likeness (QED) is 0.639. The number of rotatable bonds is 6. The van der Waals surface area contributed by atoms with Crippen LogP contribution in [0, 0.1) is 17.0 Å². The van der Waals surface area contributed by atoms with Crippen molar-refractivity contribution in [2.24, 2.45) is 0 Å². The smallest absolute Gasteiger partial charge is 0.336 e. The van der Waals surface area contributed by atoms with Crippen LogP contribution in [0.3, 0.4) is 0 Å². The van der Waals surface area contributed by atoms with Crippen LogP contribution in [-0.2, 0) is 0 Å². The maximum atomic E-state index is 11.1. The number of hydrogen-bond donors (Lipinski definition) is 1. The van der Waals surface area contributed by atoms with Crippen molar-refractivity contribution in [1.29, 1.82) is 0 Å². The summed E-state index contributed by atoms with van der Waals surface area (Å²) in [6, 6.07) is 2.81. The third-order valence-corrected chi connectivity index (χ3v) is 3.57. The summed E-state index contributed by atoms with van der Waals surface area (Å²) in [5, 5.41) is 20.2. The molecule has 6 heteroatoms. The summed E-state index contributed by atoms with van der Waals surface area (Å²) in [5.41, 5.74) is 0.913. The molecule has 0 saturated carbocycles. The first-order valence-corrected chi connectivity index (χ1v) is 6.62. The summed E-state index contributed by atoms with van der Waals surface area (Å²) in [7, 11) is 0. The van der Waals surface area contributed by atoms with Crippen LogP contribution < -0.4 is 4.90 Å². The number of carboxylic acids is 1. The largest absolute Gasteiger partial charge is 0.478 e. The average molecular weight is 280 g/mol. The van der Waals surface area contributed by atoms with Crippen LogP contribution in [0.2, 0.25) is 0 Å². The Morgan fingerprint density at radius 3 is 2.45 bits per heavy atom. The van der Waals surface area contributed by atoms with Crippen LogP contribution in [0.5, 0.6) is 0 Å². The molecule has 0 saturated heterocycles. The van der Waals surface area contributed by atoms with E-state index in [9.17, 15) is 14.9 Å². The zero-order valence-electron chi connectivity index (χ0n) is 12.2. The van der Waals surface area contributed by atoms with Crippen LogP contribution in [0.1, 0.15) is 43.1 Å². The summed E-state index contributed by atoms with van der Waals surface area (Å²) in [6.07, 6.45) is 0.873. The molecule has 1 aromatic carbocycles. The molecule has 0 aromatic heterocycles. The minimum Gasteiger partial charge on any atom is -0.478 e. The van der Waals surface area contributed by atoms with Gasteiger partial charge in [0.25, 0.3) is 5.69 Å². The van der Waals surface area contributed by atoms with Crippen molar-refractivity contribution < 1.29 is 14.8 Å². The van der Waals surface area contributed by atoms with E-state index in [1.165, 1.54) is 6.07 Å². The van der Waals surface area contributed by atoms with Gasteiger partial charge in [-0.15, -0.1) is 0 Å². The van der Waals surface area contributed by atoms with Crippen molar-refractivity contribution in [3.8, 4) is 0 Å². The van der Waals surface area contributed by atoms with Crippen LogP contribution in [-0.4, -0.2) is 28.6 Å². The number of benzene rings is 1. The lowest BCUT2D eigenvalue weighted by Gasteiger charge is -2.31. The topological polar surface area (TPSA) is 83.7 Å². The van der Waals surface area contributed by atoms with E-state index >= 15 is 0 Å². The minimum atomic E-state index is -1.16. The Kier molecular flexibility index (Phi) is 5.07. The van der Waals surface area contributed by atoms with Gasteiger partial charge < -0.3 is 10.0 Å². The summed E-state index contributed by atoms with van der Waals surface area (Å²) in [5.74, 6) is -1.16. The summed E-state index contributed by atoms with van der Waals surface area (Å²) in [6.45, 7) is 8.31. The van der Waals surface area contributed by atoms with Gasteiger partial charge in [0.05, 0.1) is 16.1 Å². The van der Waals surface area contributed by atoms with Gasteiger partial charge >= 0.3 is 5.97 Å². The zero-order chi connectivity index (χ0) is 15.4.